The number of pyridine rings is 2. The van der Waals surface area contributed by atoms with Gasteiger partial charge in [-0.2, -0.15) is 0 Å². The summed E-state index contributed by atoms with van der Waals surface area (Å²) < 4.78 is 22.1. The number of amides is 6. The molecule has 19 nitrogen and oxygen atoms in total. The quantitative estimate of drug-likeness (QED) is 0.0574. The van der Waals surface area contributed by atoms with Crippen molar-refractivity contribution in [2.75, 3.05) is 32.7 Å². The zero-order valence-electron chi connectivity index (χ0n) is 36.6. The van der Waals surface area contributed by atoms with Gasteiger partial charge in [0.25, 0.3) is 5.56 Å². The number of primary amides is 1. The molecule has 2 aliphatic heterocycles. The largest absolute Gasteiger partial charge is 0.458 e. The highest BCUT2D eigenvalue weighted by atomic mass is 19.1. The minimum atomic E-state index is -2.05. The molecule has 4 heterocycles. The predicted molar refractivity (Wildman–Crippen MR) is 235 cm³/mol. The van der Waals surface area contributed by atoms with Crippen molar-refractivity contribution >= 4 is 52.3 Å². The van der Waals surface area contributed by atoms with Gasteiger partial charge in [0.2, 0.25) is 35.4 Å². The van der Waals surface area contributed by atoms with E-state index >= 15 is 4.39 Å². The van der Waals surface area contributed by atoms with Gasteiger partial charge in [-0.05, 0) is 60.9 Å². The zero-order valence-corrected chi connectivity index (χ0v) is 36.6. The highest BCUT2D eigenvalue weighted by Gasteiger charge is 2.46. The third-order valence-electron chi connectivity index (χ3n) is 12.4. The molecule has 0 radical (unpaired) electrons. The molecule has 3 atom stereocenters. The van der Waals surface area contributed by atoms with Crippen LogP contribution in [0, 0.1) is 12.7 Å². The van der Waals surface area contributed by atoms with Crippen molar-refractivity contribution in [3.8, 4) is 11.4 Å². The topological polar surface area (TPSA) is 287 Å². The fourth-order valence-corrected chi connectivity index (χ4v) is 9.01. The lowest BCUT2D eigenvalue weighted by atomic mass is 9.81. The molecule has 2 aromatic heterocycles. The van der Waals surface area contributed by atoms with Gasteiger partial charge >= 0.3 is 5.97 Å². The van der Waals surface area contributed by atoms with Crippen LogP contribution in [0.4, 0.5) is 4.39 Å². The first-order chi connectivity index (χ1) is 31.5. The number of fused-ring (bicyclic) bond motifs is 5. The van der Waals surface area contributed by atoms with Gasteiger partial charge in [0.05, 0.1) is 54.7 Å². The summed E-state index contributed by atoms with van der Waals surface area (Å²) >= 11 is 0. The van der Waals surface area contributed by atoms with Gasteiger partial charge in [-0.15, -0.1) is 0 Å². The number of aliphatic hydroxyl groups is 1. The number of nitrogens with zero attached hydrogens (tertiary/aromatic N) is 3. The SMILES string of the molecule is CC[C@@]1(O)C(=O)OCc2c1cc1n(c2=O)Cc2c-1nc1cc(F)c(C)c3c1c2[C@@H](NC(=O)CCCN(CC(N)=O)C(=O)[C@H](Cc1ccccc1)NC(=O)CNC(=O)CNC(=O)CCN)CC3. The number of hydrogen-bond donors (Lipinski definition) is 7. The van der Waals surface area contributed by atoms with Crippen LogP contribution in [0.25, 0.3) is 22.3 Å². The summed E-state index contributed by atoms with van der Waals surface area (Å²) in [5.41, 5.74) is 12.8. The summed E-state index contributed by atoms with van der Waals surface area (Å²) in [4.78, 5) is 110. The Morgan fingerprint density at radius 2 is 1.73 bits per heavy atom. The molecule has 2 aromatic carbocycles. The van der Waals surface area contributed by atoms with Crippen molar-refractivity contribution in [2.24, 2.45) is 11.5 Å². The molecule has 1 aliphatic carbocycles. The van der Waals surface area contributed by atoms with Gasteiger partial charge in [0.1, 0.15) is 18.5 Å². The number of carbonyl (C=O) groups excluding carboxylic acids is 7. The molecule has 66 heavy (non-hydrogen) atoms. The van der Waals surface area contributed by atoms with Crippen molar-refractivity contribution in [2.45, 2.75) is 89.6 Å². The number of nitrogens with two attached hydrogens (primary N) is 2. The third-order valence-corrected chi connectivity index (χ3v) is 12.4. The van der Waals surface area contributed by atoms with E-state index in [-0.39, 0.29) is 76.0 Å². The molecule has 3 aliphatic rings. The summed E-state index contributed by atoms with van der Waals surface area (Å²) in [5, 5.41) is 22.6. The van der Waals surface area contributed by atoms with Crippen LogP contribution in [0.2, 0.25) is 0 Å². The van der Waals surface area contributed by atoms with Gasteiger partial charge in [-0.3, -0.25) is 33.6 Å². The molecule has 7 rings (SSSR count). The third kappa shape index (κ3) is 9.50. The lowest BCUT2D eigenvalue weighted by Gasteiger charge is -2.31. The first-order valence-electron chi connectivity index (χ1n) is 21.8. The number of hydrogen-bond acceptors (Lipinski definition) is 12. The maximum absolute atomic E-state index is 15.4. The molecule has 6 amide bonds. The second kappa shape index (κ2) is 19.6. The number of carbonyl (C=O) groups is 7. The lowest BCUT2D eigenvalue weighted by molar-refractivity contribution is -0.172. The van der Waals surface area contributed by atoms with E-state index in [2.05, 4.69) is 21.3 Å². The summed E-state index contributed by atoms with van der Waals surface area (Å²) in [6.45, 7) is 1.60. The van der Waals surface area contributed by atoms with E-state index in [9.17, 15) is 43.5 Å². The van der Waals surface area contributed by atoms with Crippen molar-refractivity contribution in [1.29, 1.82) is 0 Å². The molecule has 0 unspecified atom stereocenters. The Morgan fingerprint density at radius 3 is 2.44 bits per heavy atom. The zero-order chi connectivity index (χ0) is 47.4. The first kappa shape index (κ1) is 46.9. The molecule has 20 heteroatoms. The normalized spacial score (nSPS) is 17.1. The molecule has 0 bridgehead atoms. The first-order valence-corrected chi connectivity index (χ1v) is 21.8. The second-order valence-electron chi connectivity index (χ2n) is 16.7. The number of cyclic esters (lactones) is 1. The summed E-state index contributed by atoms with van der Waals surface area (Å²) in [7, 11) is 0. The Morgan fingerprint density at radius 1 is 1.00 bits per heavy atom. The minimum Gasteiger partial charge on any atom is -0.458 e. The van der Waals surface area contributed by atoms with Crippen LogP contribution in [0.15, 0.2) is 47.3 Å². The molecule has 348 valence electrons. The maximum atomic E-state index is 15.4. The van der Waals surface area contributed by atoms with Crippen molar-refractivity contribution in [3.63, 3.8) is 0 Å². The van der Waals surface area contributed by atoms with E-state index in [1.807, 2.05) is 0 Å². The maximum Gasteiger partial charge on any atom is 0.343 e. The van der Waals surface area contributed by atoms with Crippen LogP contribution < -0.4 is 38.3 Å². The predicted octanol–water partition coefficient (Wildman–Crippen LogP) is 0.0334. The Balaban J connectivity index is 1.09. The van der Waals surface area contributed by atoms with Crippen LogP contribution in [-0.4, -0.2) is 99.7 Å². The molecule has 4 aromatic rings. The molecule has 9 N–H and O–H groups in total. The molecule has 0 fully saturated rings. The van der Waals surface area contributed by atoms with Crippen molar-refractivity contribution in [1.82, 2.24) is 35.7 Å². The second-order valence-corrected chi connectivity index (χ2v) is 16.7. The summed E-state index contributed by atoms with van der Waals surface area (Å²) in [6, 6.07) is 9.87. The fourth-order valence-electron chi connectivity index (χ4n) is 9.01. The van der Waals surface area contributed by atoms with Gasteiger partial charge in [-0.1, -0.05) is 37.3 Å². The summed E-state index contributed by atoms with van der Waals surface area (Å²) in [5.74, 6) is -5.01. The number of benzene rings is 2. The molecule has 0 saturated heterocycles. The van der Waals surface area contributed by atoms with Gasteiger partial charge in [0, 0.05) is 54.9 Å². The fraction of sp³-hybridized carbons (Fsp3) is 0.413. The van der Waals surface area contributed by atoms with Crippen LogP contribution in [0.3, 0.4) is 0 Å². The average molecular weight is 910 g/mol. The molecule has 0 spiro atoms. The highest BCUT2D eigenvalue weighted by molar-refractivity contribution is 5.95. The number of nitrogens with one attached hydrogen (secondary N) is 4. The van der Waals surface area contributed by atoms with Gasteiger partial charge in [-0.25, -0.2) is 14.2 Å². The summed E-state index contributed by atoms with van der Waals surface area (Å²) in [6.07, 6.45) is 0.755. The number of halogens is 1. The van der Waals surface area contributed by atoms with Crippen LogP contribution in [-0.2, 0) is 69.9 Å². The van der Waals surface area contributed by atoms with E-state index in [1.165, 1.54) is 10.6 Å². The van der Waals surface area contributed by atoms with Crippen LogP contribution in [0.5, 0.6) is 0 Å². The Bertz CT molecular complexity index is 2710. The number of esters is 1. The lowest BCUT2D eigenvalue weighted by Crippen LogP contribution is -2.53. The smallest absolute Gasteiger partial charge is 0.343 e. The highest BCUT2D eigenvalue weighted by Crippen LogP contribution is 2.46. The van der Waals surface area contributed by atoms with Gasteiger partial charge in [0.15, 0.2) is 5.60 Å². The van der Waals surface area contributed by atoms with E-state index < -0.39 is 83.6 Å². The Kier molecular flexibility index (Phi) is 13.9. The van der Waals surface area contributed by atoms with E-state index in [0.29, 0.717) is 57.4 Å². The van der Waals surface area contributed by atoms with E-state index in [0.717, 1.165) is 10.5 Å². The number of ether oxygens (including phenoxy) is 1. The standard InChI is InChI=1S/C46H52FN9O10/c1-3-46(65)29-17-34-42-27(21-56(34)43(62)28(29)23-66-45(46)64)41-31(12-11-26-24(2)30(47)18-32(54-42)40(26)41)52-37(59)10-7-15-55(22-35(49)57)44(63)33(16-25-8-5-4-6-9-25)53-39(61)20-51-38(60)19-50-36(58)13-14-48/h4-6,8-9,17-18,31,33,65H,3,7,10-16,19-23,48H2,1-2H3,(H2,49,57)(H,50,58)(H,51,60)(H,52,59)(H,53,61)/t31-,33-,46-/m0/s1. The molecule has 0 saturated carbocycles. The number of rotatable bonds is 18. The van der Waals surface area contributed by atoms with E-state index in [4.69, 9.17) is 21.2 Å². The molecular formula is C46H52FN9O10. The minimum absolute atomic E-state index is 0.0193. The number of aromatic nitrogens is 2. The number of aryl methyl sites for hydroxylation is 1. The van der Waals surface area contributed by atoms with E-state index in [1.54, 1.807) is 50.2 Å². The monoisotopic (exact) mass is 909 g/mol. The van der Waals surface area contributed by atoms with Gasteiger partial charge < -0.3 is 52.0 Å². The average Bonchev–Trinajstić information content (AvgIpc) is 3.66. The van der Waals surface area contributed by atoms with Crippen molar-refractivity contribution in [3.05, 3.63) is 97.6 Å². The Hall–Kier alpha value is -7.06. The van der Waals surface area contributed by atoms with Crippen molar-refractivity contribution < 1.29 is 47.8 Å². The molecular weight excluding hydrogens is 858 g/mol. The Labute approximate surface area is 377 Å². The van der Waals surface area contributed by atoms with Crippen LogP contribution >= 0.6 is 0 Å². The van der Waals surface area contributed by atoms with Crippen LogP contribution in [0.1, 0.15) is 84.0 Å².